The highest BCUT2D eigenvalue weighted by Crippen LogP contribution is 2.34. The summed E-state index contributed by atoms with van der Waals surface area (Å²) < 4.78 is 14.1. The standard InChI is InChI=1S/C23H28N6O4/c1-31-27-22(30)16-12-19-20(25-14-16)13-21(28-8-10-32-11-9-28)26-23(19)33-18-4-2-17(3-5-18)29-7-6-24-15-29/h6-7,12-15,17-18H,2-5,8-11H2,1H3,(H,27,30). The normalized spacial score (nSPS) is 21.2. The molecule has 2 fully saturated rings. The van der Waals surface area contributed by atoms with Gasteiger partial charge in [0.05, 0.1) is 43.1 Å². The molecule has 0 atom stereocenters. The molecule has 5 rings (SSSR count). The van der Waals surface area contributed by atoms with Gasteiger partial charge in [0.25, 0.3) is 5.91 Å². The van der Waals surface area contributed by atoms with Crippen LogP contribution in [0, 0.1) is 0 Å². The van der Waals surface area contributed by atoms with E-state index in [1.54, 1.807) is 12.3 Å². The molecule has 3 aromatic rings. The van der Waals surface area contributed by atoms with Crippen LogP contribution in [0.5, 0.6) is 5.88 Å². The maximum absolute atomic E-state index is 12.3. The van der Waals surface area contributed by atoms with Gasteiger partial charge in [-0.2, -0.15) is 4.98 Å². The molecule has 2 aliphatic rings. The van der Waals surface area contributed by atoms with Crippen molar-refractivity contribution < 1.29 is 19.1 Å². The molecule has 1 aliphatic heterocycles. The molecular weight excluding hydrogens is 424 g/mol. The molecule has 10 heteroatoms. The number of imidazole rings is 1. The highest BCUT2D eigenvalue weighted by Gasteiger charge is 2.25. The van der Waals surface area contributed by atoms with E-state index in [0.29, 0.717) is 36.1 Å². The first kappa shape index (κ1) is 21.6. The summed E-state index contributed by atoms with van der Waals surface area (Å²) in [6.07, 6.45) is 11.2. The molecule has 10 nitrogen and oxygen atoms in total. The Kier molecular flexibility index (Phi) is 6.36. The number of rotatable bonds is 6. The first-order valence-corrected chi connectivity index (χ1v) is 11.3. The second-order valence-corrected chi connectivity index (χ2v) is 8.37. The quantitative estimate of drug-likeness (QED) is 0.569. The fraction of sp³-hybridized carbons (Fsp3) is 0.478. The monoisotopic (exact) mass is 452 g/mol. The van der Waals surface area contributed by atoms with Crippen molar-refractivity contribution in [3.63, 3.8) is 0 Å². The maximum atomic E-state index is 12.3. The minimum atomic E-state index is -0.365. The number of hydrogen-bond acceptors (Lipinski definition) is 8. The molecule has 0 radical (unpaired) electrons. The lowest BCUT2D eigenvalue weighted by Crippen LogP contribution is -2.36. The number of amides is 1. The molecule has 33 heavy (non-hydrogen) atoms. The smallest absolute Gasteiger partial charge is 0.276 e. The van der Waals surface area contributed by atoms with E-state index >= 15 is 0 Å². The molecule has 1 saturated carbocycles. The van der Waals surface area contributed by atoms with Gasteiger partial charge < -0.3 is 18.9 Å². The summed E-state index contributed by atoms with van der Waals surface area (Å²) >= 11 is 0. The van der Waals surface area contributed by atoms with Gasteiger partial charge in [0.2, 0.25) is 5.88 Å². The molecule has 174 valence electrons. The van der Waals surface area contributed by atoms with Crippen LogP contribution in [0.4, 0.5) is 5.82 Å². The first-order valence-electron chi connectivity index (χ1n) is 11.3. The lowest BCUT2D eigenvalue weighted by atomic mass is 9.93. The van der Waals surface area contributed by atoms with Crippen molar-refractivity contribution in [2.75, 3.05) is 38.3 Å². The number of carbonyl (C=O) groups is 1. The van der Waals surface area contributed by atoms with Crippen LogP contribution >= 0.6 is 0 Å². The highest BCUT2D eigenvalue weighted by molar-refractivity contribution is 5.98. The van der Waals surface area contributed by atoms with Gasteiger partial charge in [0.1, 0.15) is 11.9 Å². The number of morpholine rings is 1. The van der Waals surface area contributed by atoms with Crippen LogP contribution in [0.3, 0.4) is 0 Å². The number of nitrogens with zero attached hydrogens (tertiary/aromatic N) is 5. The van der Waals surface area contributed by atoms with Crippen molar-refractivity contribution in [3.8, 4) is 5.88 Å². The van der Waals surface area contributed by atoms with Crippen LogP contribution in [0.25, 0.3) is 10.9 Å². The second kappa shape index (κ2) is 9.72. The minimum Gasteiger partial charge on any atom is -0.474 e. The van der Waals surface area contributed by atoms with E-state index in [1.807, 2.05) is 24.8 Å². The predicted octanol–water partition coefficient (Wildman–Crippen LogP) is 2.52. The van der Waals surface area contributed by atoms with Crippen molar-refractivity contribution in [2.24, 2.45) is 0 Å². The van der Waals surface area contributed by atoms with Gasteiger partial charge in [-0.15, -0.1) is 0 Å². The Hall–Kier alpha value is -3.24. The summed E-state index contributed by atoms with van der Waals surface area (Å²) in [7, 11) is 1.40. The summed E-state index contributed by atoms with van der Waals surface area (Å²) in [6.45, 7) is 2.86. The third kappa shape index (κ3) is 4.76. The van der Waals surface area contributed by atoms with Gasteiger partial charge in [-0.05, 0) is 31.7 Å². The number of pyridine rings is 2. The minimum absolute atomic E-state index is 0.0527. The number of nitrogens with one attached hydrogen (secondary N) is 1. The Labute approximate surface area is 191 Å². The van der Waals surface area contributed by atoms with Gasteiger partial charge in [-0.1, -0.05) is 0 Å². The van der Waals surface area contributed by atoms with E-state index in [1.165, 1.54) is 7.11 Å². The van der Waals surface area contributed by atoms with E-state index in [4.69, 9.17) is 19.3 Å². The maximum Gasteiger partial charge on any atom is 0.276 e. The average molecular weight is 453 g/mol. The number of hydrogen-bond donors (Lipinski definition) is 1. The summed E-state index contributed by atoms with van der Waals surface area (Å²) in [5.74, 6) is 0.963. The van der Waals surface area contributed by atoms with Crippen LogP contribution in [-0.4, -0.2) is 64.9 Å². The molecule has 0 aromatic carbocycles. The summed E-state index contributed by atoms with van der Waals surface area (Å²) in [5.41, 5.74) is 3.47. The average Bonchev–Trinajstić information content (AvgIpc) is 3.40. The van der Waals surface area contributed by atoms with E-state index in [-0.39, 0.29) is 12.0 Å². The van der Waals surface area contributed by atoms with Gasteiger partial charge in [0.15, 0.2) is 0 Å². The Morgan fingerprint density at radius 2 is 2.00 bits per heavy atom. The Morgan fingerprint density at radius 1 is 1.18 bits per heavy atom. The van der Waals surface area contributed by atoms with Gasteiger partial charge in [-0.3, -0.25) is 14.6 Å². The molecule has 1 amide bonds. The molecule has 4 heterocycles. The zero-order valence-corrected chi connectivity index (χ0v) is 18.6. The zero-order valence-electron chi connectivity index (χ0n) is 18.6. The summed E-state index contributed by atoms with van der Waals surface area (Å²) in [6, 6.07) is 4.16. The van der Waals surface area contributed by atoms with Crippen molar-refractivity contribution in [1.29, 1.82) is 0 Å². The fourth-order valence-electron chi connectivity index (χ4n) is 4.51. The number of hydroxylamine groups is 1. The number of anilines is 1. The largest absolute Gasteiger partial charge is 0.474 e. The Bertz CT molecular complexity index is 1090. The van der Waals surface area contributed by atoms with Gasteiger partial charge >= 0.3 is 0 Å². The van der Waals surface area contributed by atoms with E-state index in [9.17, 15) is 4.79 Å². The second-order valence-electron chi connectivity index (χ2n) is 8.37. The van der Waals surface area contributed by atoms with E-state index < -0.39 is 0 Å². The fourth-order valence-corrected chi connectivity index (χ4v) is 4.51. The molecule has 1 N–H and O–H groups in total. The van der Waals surface area contributed by atoms with E-state index in [2.05, 4.69) is 24.9 Å². The van der Waals surface area contributed by atoms with E-state index in [0.717, 1.165) is 50.1 Å². The lowest BCUT2D eigenvalue weighted by Gasteiger charge is -2.31. The third-order valence-electron chi connectivity index (χ3n) is 6.29. The van der Waals surface area contributed by atoms with Gasteiger partial charge in [-0.25, -0.2) is 10.5 Å². The molecule has 1 saturated heterocycles. The Balaban J connectivity index is 1.42. The molecule has 0 unspecified atom stereocenters. The summed E-state index contributed by atoms with van der Waals surface area (Å²) in [4.78, 5) is 32.8. The molecule has 0 spiro atoms. The lowest BCUT2D eigenvalue weighted by molar-refractivity contribution is 0.0537. The highest BCUT2D eigenvalue weighted by atomic mass is 16.6. The zero-order chi connectivity index (χ0) is 22.6. The van der Waals surface area contributed by atoms with Crippen LogP contribution in [0.15, 0.2) is 37.1 Å². The van der Waals surface area contributed by atoms with Crippen LogP contribution in [-0.2, 0) is 9.57 Å². The van der Waals surface area contributed by atoms with Crippen LogP contribution in [0.2, 0.25) is 0 Å². The third-order valence-corrected chi connectivity index (χ3v) is 6.29. The van der Waals surface area contributed by atoms with Crippen molar-refractivity contribution in [1.82, 2.24) is 25.0 Å². The molecule has 3 aromatic heterocycles. The van der Waals surface area contributed by atoms with Crippen LogP contribution in [0.1, 0.15) is 42.1 Å². The number of fused-ring (bicyclic) bond motifs is 1. The predicted molar refractivity (Wildman–Crippen MR) is 121 cm³/mol. The molecular formula is C23H28N6O4. The van der Waals surface area contributed by atoms with Crippen LogP contribution < -0.4 is 15.1 Å². The molecule has 0 bridgehead atoms. The number of carbonyl (C=O) groups excluding carboxylic acids is 1. The topological polar surface area (TPSA) is 104 Å². The van der Waals surface area contributed by atoms with Crippen molar-refractivity contribution in [2.45, 2.75) is 37.8 Å². The van der Waals surface area contributed by atoms with Crippen molar-refractivity contribution in [3.05, 3.63) is 42.6 Å². The molecule has 1 aliphatic carbocycles. The number of ether oxygens (including phenoxy) is 2. The number of aromatic nitrogens is 4. The van der Waals surface area contributed by atoms with Crippen molar-refractivity contribution >= 4 is 22.6 Å². The van der Waals surface area contributed by atoms with Gasteiger partial charge in [0, 0.05) is 43.8 Å². The Morgan fingerprint density at radius 3 is 2.73 bits per heavy atom. The SMILES string of the molecule is CONC(=O)c1cnc2cc(N3CCOCC3)nc(OC3CCC(n4ccnc4)CC3)c2c1. The first-order chi connectivity index (χ1) is 16.2. The summed E-state index contributed by atoms with van der Waals surface area (Å²) in [5, 5.41) is 0.715.